The van der Waals surface area contributed by atoms with Crippen molar-refractivity contribution in [1.29, 1.82) is 0 Å². The zero-order valence-corrected chi connectivity index (χ0v) is 10.9. The molecule has 0 fully saturated rings. The molecular formula is C16H19NO. The summed E-state index contributed by atoms with van der Waals surface area (Å²) in [5, 5.41) is 10.2. The van der Waals surface area contributed by atoms with Gasteiger partial charge in [0.1, 0.15) is 0 Å². The minimum Gasteiger partial charge on any atom is -0.392 e. The Bertz CT molecular complexity index is 488. The van der Waals surface area contributed by atoms with Crippen molar-refractivity contribution in [3.63, 3.8) is 0 Å². The van der Waals surface area contributed by atoms with Crippen LogP contribution in [-0.4, -0.2) is 16.2 Å². The molecule has 0 saturated heterocycles. The molecule has 2 heteroatoms. The molecule has 1 unspecified atom stereocenters. The largest absolute Gasteiger partial charge is 0.392 e. The Hall–Kier alpha value is -1.67. The van der Waals surface area contributed by atoms with E-state index in [2.05, 4.69) is 37.0 Å². The number of hydrogen-bond acceptors (Lipinski definition) is 2. The van der Waals surface area contributed by atoms with E-state index in [0.29, 0.717) is 12.8 Å². The number of aryl methyl sites for hydroxylation is 2. The Morgan fingerprint density at radius 1 is 1.00 bits per heavy atom. The van der Waals surface area contributed by atoms with E-state index in [-0.39, 0.29) is 6.10 Å². The molecule has 2 nitrogen and oxygen atoms in total. The van der Waals surface area contributed by atoms with Gasteiger partial charge in [-0.3, -0.25) is 4.98 Å². The summed E-state index contributed by atoms with van der Waals surface area (Å²) in [6, 6.07) is 10.2. The van der Waals surface area contributed by atoms with Crippen molar-refractivity contribution in [1.82, 2.24) is 4.98 Å². The zero-order valence-electron chi connectivity index (χ0n) is 10.9. The third kappa shape index (κ3) is 3.17. The van der Waals surface area contributed by atoms with Gasteiger partial charge in [0, 0.05) is 12.4 Å². The van der Waals surface area contributed by atoms with Crippen molar-refractivity contribution in [2.45, 2.75) is 32.8 Å². The van der Waals surface area contributed by atoms with Gasteiger partial charge in [0.25, 0.3) is 0 Å². The van der Waals surface area contributed by atoms with Crippen LogP contribution in [0.25, 0.3) is 0 Å². The summed E-state index contributed by atoms with van der Waals surface area (Å²) in [7, 11) is 0. The number of benzene rings is 1. The lowest BCUT2D eigenvalue weighted by atomic mass is 9.95. The standard InChI is InChI=1S/C16H19NO/c1-12-4-3-5-13(2)16(12)11-15(18)10-14-6-8-17-9-7-14/h3-9,15,18H,10-11H2,1-2H3. The normalized spacial score (nSPS) is 12.4. The molecule has 1 atom stereocenters. The number of pyridine rings is 1. The maximum atomic E-state index is 10.2. The lowest BCUT2D eigenvalue weighted by Gasteiger charge is -2.14. The van der Waals surface area contributed by atoms with Gasteiger partial charge in [-0.05, 0) is 61.1 Å². The van der Waals surface area contributed by atoms with Crippen LogP contribution in [0.2, 0.25) is 0 Å². The topological polar surface area (TPSA) is 33.1 Å². The van der Waals surface area contributed by atoms with E-state index in [0.717, 1.165) is 5.56 Å². The van der Waals surface area contributed by atoms with Crippen LogP contribution < -0.4 is 0 Å². The summed E-state index contributed by atoms with van der Waals surface area (Å²) in [6.07, 6.45) is 4.58. The van der Waals surface area contributed by atoms with Crippen LogP contribution in [0.5, 0.6) is 0 Å². The van der Waals surface area contributed by atoms with E-state index in [1.807, 2.05) is 12.1 Å². The quantitative estimate of drug-likeness (QED) is 0.893. The highest BCUT2D eigenvalue weighted by atomic mass is 16.3. The van der Waals surface area contributed by atoms with Crippen molar-refractivity contribution >= 4 is 0 Å². The number of aliphatic hydroxyl groups excluding tert-OH is 1. The third-order valence-electron chi connectivity index (χ3n) is 3.30. The van der Waals surface area contributed by atoms with Crippen molar-refractivity contribution in [2.75, 3.05) is 0 Å². The molecule has 1 aromatic heterocycles. The first-order valence-corrected chi connectivity index (χ1v) is 6.29. The molecule has 0 aliphatic carbocycles. The SMILES string of the molecule is Cc1cccc(C)c1CC(O)Cc1ccncc1. The third-order valence-corrected chi connectivity index (χ3v) is 3.30. The van der Waals surface area contributed by atoms with Crippen LogP contribution in [0.3, 0.4) is 0 Å². The molecule has 0 aliphatic heterocycles. The summed E-state index contributed by atoms with van der Waals surface area (Å²) in [6.45, 7) is 4.20. The molecule has 0 bridgehead atoms. The van der Waals surface area contributed by atoms with Crippen LogP contribution in [0.15, 0.2) is 42.7 Å². The van der Waals surface area contributed by atoms with E-state index in [1.54, 1.807) is 12.4 Å². The van der Waals surface area contributed by atoms with Gasteiger partial charge in [-0.2, -0.15) is 0 Å². The molecule has 1 N–H and O–H groups in total. The fourth-order valence-electron chi connectivity index (χ4n) is 2.27. The van der Waals surface area contributed by atoms with Gasteiger partial charge >= 0.3 is 0 Å². The molecule has 1 aromatic carbocycles. The maximum Gasteiger partial charge on any atom is 0.0621 e. The Kier molecular flexibility index (Phi) is 4.11. The molecule has 0 aliphatic rings. The van der Waals surface area contributed by atoms with Crippen molar-refractivity contribution in [3.8, 4) is 0 Å². The second kappa shape index (κ2) is 5.78. The van der Waals surface area contributed by atoms with Crippen LogP contribution in [0.1, 0.15) is 22.3 Å². The zero-order chi connectivity index (χ0) is 13.0. The molecule has 94 valence electrons. The number of aliphatic hydroxyl groups is 1. The average Bonchev–Trinajstić information content (AvgIpc) is 2.35. The van der Waals surface area contributed by atoms with Gasteiger partial charge in [0.15, 0.2) is 0 Å². The summed E-state index contributed by atoms with van der Waals surface area (Å²) in [5.74, 6) is 0. The minimum absolute atomic E-state index is 0.341. The highest BCUT2D eigenvalue weighted by Crippen LogP contribution is 2.16. The Labute approximate surface area is 108 Å². The first-order chi connectivity index (χ1) is 8.66. The molecule has 0 spiro atoms. The first-order valence-electron chi connectivity index (χ1n) is 6.29. The summed E-state index contributed by atoms with van der Waals surface area (Å²) in [5.41, 5.74) is 4.90. The summed E-state index contributed by atoms with van der Waals surface area (Å²) in [4.78, 5) is 3.98. The molecule has 2 aromatic rings. The minimum atomic E-state index is -0.341. The van der Waals surface area contributed by atoms with Gasteiger partial charge < -0.3 is 5.11 Å². The van der Waals surface area contributed by atoms with Crippen molar-refractivity contribution in [2.24, 2.45) is 0 Å². The summed E-state index contributed by atoms with van der Waals surface area (Å²) >= 11 is 0. The second-order valence-electron chi connectivity index (χ2n) is 4.79. The fourth-order valence-corrected chi connectivity index (χ4v) is 2.27. The van der Waals surface area contributed by atoms with Gasteiger partial charge in [-0.25, -0.2) is 0 Å². The number of hydrogen-bond donors (Lipinski definition) is 1. The molecule has 0 amide bonds. The van der Waals surface area contributed by atoms with Gasteiger partial charge in [-0.1, -0.05) is 18.2 Å². The lowest BCUT2D eigenvalue weighted by molar-refractivity contribution is 0.175. The molecule has 1 heterocycles. The van der Waals surface area contributed by atoms with E-state index in [1.165, 1.54) is 16.7 Å². The molecule has 2 rings (SSSR count). The van der Waals surface area contributed by atoms with Crippen molar-refractivity contribution < 1.29 is 5.11 Å². The fraction of sp³-hybridized carbons (Fsp3) is 0.312. The number of aromatic nitrogens is 1. The van der Waals surface area contributed by atoms with Crippen molar-refractivity contribution in [3.05, 3.63) is 65.0 Å². The number of rotatable bonds is 4. The smallest absolute Gasteiger partial charge is 0.0621 e. The second-order valence-corrected chi connectivity index (χ2v) is 4.79. The predicted molar refractivity (Wildman–Crippen MR) is 73.6 cm³/mol. The highest BCUT2D eigenvalue weighted by Gasteiger charge is 2.10. The van der Waals surface area contributed by atoms with Gasteiger partial charge in [0.2, 0.25) is 0 Å². The molecule has 0 saturated carbocycles. The maximum absolute atomic E-state index is 10.2. The Balaban J connectivity index is 2.06. The van der Waals surface area contributed by atoms with E-state index < -0.39 is 0 Å². The Morgan fingerprint density at radius 2 is 1.61 bits per heavy atom. The Morgan fingerprint density at radius 3 is 2.22 bits per heavy atom. The van der Waals surface area contributed by atoms with Crippen LogP contribution >= 0.6 is 0 Å². The first kappa shape index (κ1) is 12.8. The molecular weight excluding hydrogens is 222 g/mol. The van der Waals surface area contributed by atoms with E-state index in [9.17, 15) is 5.11 Å². The van der Waals surface area contributed by atoms with Crippen LogP contribution in [0, 0.1) is 13.8 Å². The monoisotopic (exact) mass is 241 g/mol. The van der Waals surface area contributed by atoms with Crippen LogP contribution in [0.4, 0.5) is 0 Å². The number of nitrogens with zero attached hydrogens (tertiary/aromatic N) is 1. The average molecular weight is 241 g/mol. The van der Waals surface area contributed by atoms with E-state index in [4.69, 9.17) is 0 Å². The predicted octanol–water partition coefficient (Wildman–Crippen LogP) is 2.84. The van der Waals surface area contributed by atoms with Crippen LogP contribution in [-0.2, 0) is 12.8 Å². The summed E-state index contributed by atoms with van der Waals surface area (Å²) < 4.78 is 0. The highest BCUT2D eigenvalue weighted by molar-refractivity contribution is 5.34. The van der Waals surface area contributed by atoms with Gasteiger partial charge in [-0.15, -0.1) is 0 Å². The lowest BCUT2D eigenvalue weighted by Crippen LogP contribution is -2.15. The molecule has 0 radical (unpaired) electrons. The molecule has 18 heavy (non-hydrogen) atoms. The van der Waals surface area contributed by atoms with E-state index >= 15 is 0 Å². The van der Waals surface area contributed by atoms with Gasteiger partial charge in [0.05, 0.1) is 6.10 Å².